The van der Waals surface area contributed by atoms with Crippen molar-refractivity contribution in [3.05, 3.63) is 71.3 Å². The smallest absolute Gasteiger partial charge is 0.251 e. The summed E-state index contributed by atoms with van der Waals surface area (Å²) in [5, 5.41) is 5.81. The third-order valence-corrected chi connectivity index (χ3v) is 3.86. The minimum Gasteiger partial charge on any atom is -0.352 e. The van der Waals surface area contributed by atoms with Gasteiger partial charge < -0.3 is 10.6 Å². The van der Waals surface area contributed by atoms with E-state index in [0.717, 1.165) is 5.56 Å². The number of carbonyl (C=O) groups excluding carboxylic acids is 2. The third-order valence-electron chi connectivity index (χ3n) is 3.86. The SMILES string of the molecule is Cc1ccc(C(C)NC(=O)CCCNC(=O)c2ccccc2)cc1. The highest BCUT2D eigenvalue weighted by Crippen LogP contribution is 2.13. The molecule has 0 spiro atoms. The van der Waals surface area contributed by atoms with Gasteiger partial charge in [-0.05, 0) is 38.0 Å². The van der Waals surface area contributed by atoms with Crippen LogP contribution in [0.2, 0.25) is 0 Å². The maximum absolute atomic E-state index is 12.0. The Morgan fingerprint density at radius 3 is 2.33 bits per heavy atom. The van der Waals surface area contributed by atoms with E-state index in [9.17, 15) is 9.59 Å². The third kappa shape index (κ3) is 5.54. The summed E-state index contributed by atoms with van der Waals surface area (Å²) in [6.07, 6.45) is 1.01. The zero-order valence-electron chi connectivity index (χ0n) is 14.2. The van der Waals surface area contributed by atoms with Gasteiger partial charge in [0.25, 0.3) is 5.91 Å². The van der Waals surface area contributed by atoms with Gasteiger partial charge in [-0.15, -0.1) is 0 Å². The van der Waals surface area contributed by atoms with E-state index in [4.69, 9.17) is 0 Å². The molecule has 0 bridgehead atoms. The van der Waals surface area contributed by atoms with Crippen molar-refractivity contribution in [2.75, 3.05) is 6.54 Å². The first-order valence-electron chi connectivity index (χ1n) is 8.25. The molecule has 1 atom stereocenters. The van der Waals surface area contributed by atoms with Gasteiger partial charge >= 0.3 is 0 Å². The molecule has 1 unspecified atom stereocenters. The highest BCUT2D eigenvalue weighted by Gasteiger charge is 2.09. The van der Waals surface area contributed by atoms with Crippen molar-refractivity contribution in [3.8, 4) is 0 Å². The summed E-state index contributed by atoms with van der Waals surface area (Å²) < 4.78 is 0. The summed E-state index contributed by atoms with van der Waals surface area (Å²) in [7, 11) is 0. The molecule has 0 heterocycles. The number of rotatable bonds is 7. The molecular weight excluding hydrogens is 300 g/mol. The average molecular weight is 324 g/mol. The Morgan fingerprint density at radius 2 is 1.67 bits per heavy atom. The molecule has 2 N–H and O–H groups in total. The molecule has 2 aromatic carbocycles. The summed E-state index contributed by atoms with van der Waals surface area (Å²) in [5.41, 5.74) is 2.92. The lowest BCUT2D eigenvalue weighted by molar-refractivity contribution is -0.121. The minimum atomic E-state index is -0.107. The lowest BCUT2D eigenvalue weighted by Gasteiger charge is -2.14. The predicted octanol–water partition coefficient (Wildman–Crippen LogP) is 3.38. The summed E-state index contributed by atoms with van der Waals surface area (Å²) in [4.78, 5) is 23.9. The fourth-order valence-electron chi connectivity index (χ4n) is 2.39. The van der Waals surface area contributed by atoms with Gasteiger partial charge in [0.2, 0.25) is 5.91 Å². The van der Waals surface area contributed by atoms with E-state index in [2.05, 4.69) is 10.6 Å². The van der Waals surface area contributed by atoms with Crippen LogP contribution in [0, 0.1) is 6.92 Å². The van der Waals surface area contributed by atoms with E-state index in [1.165, 1.54) is 5.56 Å². The molecule has 0 saturated heterocycles. The molecule has 24 heavy (non-hydrogen) atoms. The monoisotopic (exact) mass is 324 g/mol. The van der Waals surface area contributed by atoms with Crippen molar-refractivity contribution >= 4 is 11.8 Å². The van der Waals surface area contributed by atoms with E-state index in [-0.39, 0.29) is 17.9 Å². The molecule has 0 aliphatic rings. The number of hydrogen-bond donors (Lipinski definition) is 2. The fourth-order valence-corrected chi connectivity index (χ4v) is 2.39. The van der Waals surface area contributed by atoms with Gasteiger partial charge in [-0.25, -0.2) is 0 Å². The lowest BCUT2D eigenvalue weighted by atomic mass is 10.1. The molecule has 4 nitrogen and oxygen atoms in total. The van der Waals surface area contributed by atoms with Crippen LogP contribution in [0.5, 0.6) is 0 Å². The first kappa shape index (κ1) is 17.7. The van der Waals surface area contributed by atoms with Gasteiger partial charge in [-0.2, -0.15) is 0 Å². The summed E-state index contributed by atoms with van der Waals surface area (Å²) >= 11 is 0. The quantitative estimate of drug-likeness (QED) is 0.767. The van der Waals surface area contributed by atoms with E-state index in [1.54, 1.807) is 12.1 Å². The molecule has 0 fully saturated rings. The number of benzene rings is 2. The van der Waals surface area contributed by atoms with Crippen LogP contribution in [-0.4, -0.2) is 18.4 Å². The Balaban J connectivity index is 1.68. The first-order valence-corrected chi connectivity index (χ1v) is 8.25. The van der Waals surface area contributed by atoms with Crippen molar-refractivity contribution in [2.24, 2.45) is 0 Å². The molecule has 0 saturated carbocycles. The Kier molecular flexibility index (Phi) is 6.55. The Bertz CT molecular complexity index is 666. The van der Waals surface area contributed by atoms with Crippen LogP contribution in [0.4, 0.5) is 0 Å². The van der Waals surface area contributed by atoms with Crippen molar-refractivity contribution in [2.45, 2.75) is 32.7 Å². The second-order valence-electron chi connectivity index (χ2n) is 5.93. The Morgan fingerprint density at radius 1 is 1.00 bits per heavy atom. The fraction of sp³-hybridized carbons (Fsp3) is 0.300. The number of aryl methyl sites for hydroxylation is 1. The zero-order valence-corrected chi connectivity index (χ0v) is 14.2. The predicted molar refractivity (Wildman–Crippen MR) is 95.7 cm³/mol. The lowest BCUT2D eigenvalue weighted by Crippen LogP contribution is -2.29. The molecule has 2 rings (SSSR count). The topological polar surface area (TPSA) is 58.2 Å². The van der Waals surface area contributed by atoms with Crippen LogP contribution < -0.4 is 10.6 Å². The van der Waals surface area contributed by atoms with E-state index in [1.807, 2.05) is 56.3 Å². The summed E-state index contributed by atoms with van der Waals surface area (Å²) in [6.45, 7) is 4.50. The van der Waals surface area contributed by atoms with Gasteiger partial charge in [0.05, 0.1) is 6.04 Å². The molecular formula is C20H24N2O2. The zero-order chi connectivity index (χ0) is 17.4. The highest BCUT2D eigenvalue weighted by molar-refractivity contribution is 5.94. The average Bonchev–Trinajstić information content (AvgIpc) is 2.59. The molecule has 0 radical (unpaired) electrons. The van der Waals surface area contributed by atoms with Gasteiger partial charge in [0.15, 0.2) is 0 Å². The van der Waals surface area contributed by atoms with E-state index in [0.29, 0.717) is 24.9 Å². The van der Waals surface area contributed by atoms with Gasteiger partial charge in [0, 0.05) is 18.5 Å². The van der Waals surface area contributed by atoms with E-state index < -0.39 is 0 Å². The molecule has 0 aromatic heterocycles. The maximum Gasteiger partial charge on any atom is 0.251 e. The second-order valence-corrected chi connectivity index (χ2v) is 5.93. The van der Waals surface area contributed by atoms with Crippen LogP contribution in [0.25, 0.3) is 0 Å². The van der Waals surface area contributed by atoms with Crippen LogP contribution in [0.3, 0.4) is 0 Å². The van der Waals surface area contributed by atoms with Crippen LogP contribution in [0.15, 0.2) is 54.6 Å². The molecule has 0 aliphatic carbocycles. The molecule has 4 heteroatoms. The number of nitrogens with one attached hydrogen (secondary N) is 2. The molecule has 2 amide bonds. The molecule has 2 aromatic rings. The van der Waals surface area contributed by atoms with Crippen LogP contribution in [-0.2, 0) is 4.79 Å². The van der Waals surface area contributed by atoms with Gasteiger partial charge in [0.1, 0.15) is 0 Å². The minimum absolute atomic E-state index is 0.00275. The summed E-state index contributed by atoms with van der Waals surface area (Å²) in [6, 6.07) is 17.2. The highest BCUT2D eigenvalue weighted by atomic mass is 16.2. The normalized spacial score (nSPS) is 11.6. The maximum atomic E-state index is 12.0. The number of carbonyl (C=O) groups is 2. The van der Waals surface area contributed by atoms with Crippen molar-refractivity contribution in [1.29, 1.82) is 0 Å². The molecule has 126 valence electrons. The largest absolute Gasteiger partial charge is 0.352 e. The summed E-state index contributed by atoms with van der Waals surface area (Å²) in [5.74, 6) is -0.110. The van der Waals surface area contributed by atoms with E-state index >= 15 is 0 Å². The standard InChI is InChI=1S/C20H24N2O2/c1-15-10-12-17(13-11-15)16(2)22-19(23)9-6-14-21-20(24)18-7-4-3-5-8-18/h3-5,7-8,10-13,16H,6,9,14H2,1-2H3,(H,21,24)(H,22,23). The number of amides is 2. The second kappa shape index (κ2) is 8.87. The number of hydrogen-bond acceptors (Lipinski definition) is 2. The van der Waals surface area contributed by atoms with Crippen LogP contribution >= 0.6 is 0 Å². The van der Waals surface area contributed by atoms with Gasteiger partial charge in [-0.1, -0.05) is 48.0 Å². The van der Waals surface area contributed by atoms with Crippen molar-refractivity contribution < 1.29 is 9.59 Å². The van der Waals surface area contributed by atoms with Crippen molar-refractivity contribution in [3.63, 3.8) is 0 Å². The first-order chi connectivity index (χ1) is 11.6. The van der Waals surface area contributed by atoms with Crippen molar-refractivity contribution in [1.82, 2.24) is 10.6 Å². The van der Waals surface area contributed by atoms with Crippen LogP contribution in [0.1, 0.15) is 47.3 Å². The Labute approximate surface area is 143 Å². The Hall–Kier alpha value is -2.62. The van der Waals surface area contributed by atoms with Gasteiger partial charge in [-0.3, -0.25) is 9.59 Å². The molecule has 0 aliphatic heterocycles.